The highest BCUT2D eigenvalue weighted by Gasteiger charge is 2.10. The van der Waals surface area contributed by atoms with Gasteiger partial charge in [-0.25, -0.2) is 0 Å². The number of benzene rings is 2. The van der Waals surface area contributed by atoms with E-state index in [0.717, 1.165) is 16.8 Å². The van der Waals surface area contributed by atoms with Crippen LogP contribution in [0, 0.1) is 18.3 Å². The van der Waals surface area contributed by atoms with Crippen LogP contribution in [0.4, 0.5) is 5.69 Å². The third-order valence-electron chi connectivity index (χ3n) is 3.05. The average molecular weight is 252 g/mol. The van der Waals surface area contributed by atoms with Gasteiger partial charge in [0.15, 0.2) is 0 Å². The highest BCUT2D eigenvalue weighted by Crippen LogP contribution is 2.27. The quantitative estimate of drug-likeness (QED) is 0.874. The highest BCUT2D eigenvalue weighted by atomic mass is 16.3. The number of phenols is 1. The SMILES string of the molecule is Cc1ccc(C(C)Nc2ccc(C#N)cc2)c(O)c1. The number of phenolic OH excluding ortho intramolecular Hbond substituents is 1. The molecule has 2 aromatic rings. The number of nitrogens with zero attached hydrogens (tertiary/aromatic N) is 1. The molecule has 0 aliphatic heterocycles. The zero-order chi connectivity index (χ0) is 13.8. The molecule has 0 fully saturated rings. The van der Waals surface area contributed by atoms with Gasteiger partial charge >= 0.3 is 0 Å². The summed E-state index contributed by atoms with van der Waals surface area (Å²) in [5, 5.41) is 22.0. The van der Waals surface area contributed by atoms with Gasteiger partial charge in [-0.15, -0.1) is 0 Å². The lowest BCUT2D eigenvalue weighted by molar-refractivity contribution is 0.465. The van der Waals surface area contributed by atoms with Crippen molar-refractivity contribution < 1.29 is 5.11 Å². The van der Waals surface area contributed by atoms with Gasteiger partial charge in [0.1, 0.15) is 5.75 Å². The summed E-state index contributed by atoms with van der Waals surface area (Å²) in [6.45, 7) is 3.94. The standard InChI is InChI=1S/C16H16N2O/c1-11-3-8-15(16(19)9-11)12(2)18-14-6-4-13(10-17)5-7-14/h3-9,12,18-19H,1-2H3. The first kappa shape index (κ1) is 13.0. The number of hydrogen-bond acceptors (Lipinski definition) is 3. The molecule has 0 saturated carbocycles. The van der Waals surface area contributed by atoms with Crippen LogP contribution in [0.25, 0.3) is 0 Å². The molecule has 0 radical (unpaired) electrons. The Labute approximate surface area is 113 Å². The molecular formula is C16H16N2O. The first-order chi connectivity index (χ1) is 9.10. The van der Waals surface area contributed by atoms with Crippen LogP contribution >= 0.6 is 0 Å². The van der Waals surface area contributed by atoms with Crippen molar-refractivity contribution in [3.05, 3.63) is 59.2 Å². The van der Waals surface area contributed by atoms with Crippen LogP contribution < -0.4 is 5.32 Å². The van der Waals surface area contributed by atoms with Crippen molar-refractivity contribution in [2.45, 2.75) is 19.9 Å². The van der Waals surface area contributed by atoms with Gasteiger partial charge in [0.05, 0.1) is 17.7 Å². The molecule has 0 amide bonds. The lowest BCUT2D eigenvalue weighted by atomic mass is 10.0. The van der Waals surface area contributed by atoms with Crippen LogP contribution in [0.5, 0.6) is 5.75 Å². The molecule has 0 saturated heterocycles. The van der Waals surface area contributed by atoms with Crippen LogP contribution in [0.15, 0.2) is 42.5 Å². The molecular weight excluding hydrogens is 236 g/mol. The zero-order valence-electron chi connectivity index (χ0n) is 11.0. The Hall–Kier alpha value is -2.47. The number of nitriles is 1. The minimum atomic E-state index is -0.00599. The number of anilines is 1. The number of aryl methyl sites for hydroxylation is 1. The fourth-order valence-electron chi connectivity index (χ4n) is 1.99. The Morgan fingerprint density at radius 2 is 1.84 bits per heavy atom. The van der Waals surface area contributed by atoms with Crippen molar-refractivity contribution in [3.8, 4) is 11.8 Å². The molecule has 2 rings (SSSR count). The first-order valence-electron chi connectivity index (χ1n) is 6.16. The molecule has 1 unspecified atom stereocenters. The van der Waals surface area contributed by atoms with Gasteiger partial charge in [0, 0.05) is 11.3 Å². The molecule has 3 heteroatoms. The molecule has 0 aliphatic carbocycles. The average Bonchev–Trinajstić information content (AvgIpc) is 2.39. The molecule has 3 nitrogen and oxygen atoms in total. The number of hydrogen-bond donors (Lipinski definition) is 2. The Morgan fingerprint density at radius 1 is 1.16 bits per heavy atom. The Morgan fingerprint density at radius 3 is 2.42 bits per heavy atom. The Balaban J connectivity index is 2.16. The van der Waals surface area contributed by atoms with Gasteiger partial charge < -0.3 is 10.4 Å². The Bertz CT molecular complexity index is 612. The first-order valence-corrected chi connectivity index (χ1v) is 6.16. The maximum absolute atomic E-state index is 9.94. The molecule has 0 heterocycles. The molecule has 19 heavy (non-hydrogen) atoms. The van der Waals surface area contributed by atoms with E-state index in [1.165, 1.54) is 0 Å². The van der Waals surface area contributed by atoms with Gasteiger partial charge in [-0.2, -0.15) is 5.26 Å². The second-order valence-corrected chi connectivity index (χ2v) is 4.62. The Kier molecular flexibility index (Phi) is 3.72. The summed E-state index contributed by atoms with van der Waals surface area (Å²) < 4.78 is 0. The van der Waals surface area contributed by atoms with Gasteiger partial charge in [0.25, 0.3) is 0 Å². The minimum Gasteiger partial charge on any atom is -0.508 e. The van der Waals surface area contributed by atoms with E-state index in [0.29, 0.717) is 11.3 Å². The van der Waals surface area contributed by atoms with E-state index < -0.39 is 0 Å². The summed E-state index contributed by atoms with van der Waals surface area (Å²) in [5.41, 5.74) is 3.45. The van der Waals surface area contributed by atoms with Crippen molar-refractivity contribution >= 4 is 5.69 Å². The van der Waals surface area contributed by atoms with E-state index in [2.05, 4.69) is 11.4 Å². The number of rotatable bonds is 3. The zero-order valence-corrected chi connectivity index (χ0v) is 11.0. The summed E-state index contributed by atoms with van der Waals surface area (Å²) in [4.78, 5) is 0. The second kappa shape index (κ2) is 5.45. The summed E-state index contributed by atoms with van der Waals surface area (Å²) >= 11 is 0. The summed E-state index contributed by atoms with van der Waals surface area (Å²) in [5.74, 6) is 0.300. The molecule has 0 aliphatic rings. The van der Waals surface area contributed by atoms with Gasteiger partial charge in [0.2, 0.25) is 0 Å². The van der Waals surface area contributed by atoms with Crippen LogP contribution in [0.3, 0.4) is 0 Å². The fraction of sp³-hybridized carbons (Fsp3) is 0.188. The van der Waals surface area contributed by atoms with Gasteiger partial charge in [-0.1, -0.05) is 12.1 Å². The monoisotopic (exact) mass is 252 g/mol. The van der Waals surface area contributed by atoms with Crippen molar-refractivity contribution in [1.82, 2.24) is 0 Å². The lowest BCUT2D eigenvalue weighted by Crippen LogP contribution is -2.06. The fourth-order valence-corrected chi connectivity index (χ4v) is 1.99. The van der Waals surface area contributed by atoms with Crippen LogP contribution in [0.2, 0.25) is 0 Å². The smallest absolute Gasteiger partial charge is 0.121 e. The van der Waals surface area contributed by atoms with Gasteiger partial charge in [-0.05, 0) is 49.7 Å². The molecule has 0 aromatic heterocycles. The normalized spacial score (nSPS) is 11.6. The van der Waals surface area contributed by atoms with E-state index >= 15 is 0 Å². The van der Waals surface area contributed by atoms with Crippen LogP contribution in [-0.4, -0.2) is 5.11 Å². The predicted molar refractivity (Wildman–Crippen MR) is 76.0 cm³/mol. The van der Waals surface area contributed by atoms with E-state index in [1.54, 1.807) is 18.2 Å². The summed E-state index contributed by atoms with van der Waals surface area (Å²) in [6.07, 6.45) is 0. The summed E-state index contributed by atoms with van der Waals surface area (Å²) in [6, 6.07) is 15.0. The predicted octanol–water partition coefficient (Wildman–Crippen LogP) is 3.75. The molecule has 0 spiro atoms. The highest BCUT2D eigenvalue weighted by molar-refractivity contribution is 5.50. The molecule has 2 aromatic carbocycles. The van der Waals surface area contributed by atoms with Crippen molar-refractivity contribution in [2.24, 2.45) is 0 Å². The lowest BCUT2D eigenvalue weighted by Gasteiger charge is -2.17. The number of nitrogens with one attached hydrogen (secondary N) is 1. The third-order valence-corrected chi connectivity index (χ3v) is 3.05. The van der Waals surface area contributed by atoms with Crippen molar-refractivity contribution in [1.29, 1.82) is 5.26 Å². The van der Waals surface area contributed by atoms with Crippen LogP contribution in [0.1, 0.15) is 29.7 Å². The van der Waals surface area contributed by atoms with E-state index in [4.69, 9.17) is 5.26 Å². The van der Waals surface area contributed by atoms with Gasteiger partial charge in [-0.3, -0.25) is 0 Å². The summed E-state index contributed by atoms with van der Waals surface area (Å²) in [7, 11) is 0. The minimum absolute atomic E-state index is 0.00599. The second-order valence-electron chi connectivity index (χ2n) is 4.62. The molecule has 2 N–H and O–H groups in total. The van der Waals surface area contributed by atoms with E-state index in [9.17, 15) is 5.11 Å². The molecule has 1 atom stereocenters. The maximum Gasteiger partial charge on any atom is 0.121 e. The maximum atomic E-state index is 9.94. The molecule has 96 valence electrons. The molecule has 0 bridgehead atoms. The van der Waals surface area contributed by atoms with Crippen molar-refractivity contribution in [3.63, 3.8) is 0 Å². The third kappa shape index (κ3) is 3.05. The number of aromatic hydroxyl groups is 1. The van der Waals surface area contributed by atoms with E-state index in [-0.39, 0.29) is 6.04 Å². The largest absolute Gasteiger partial charge is 0.508 e. The van der Waals surface area contributed by atoms with Crippen molar-refractivity contribution in [2.75, 3.05) is 5.32 Å². The van der Waals surface area contributed by atoms with E-state index in [1.807, 2.05) is 38.1 Å². The topological polar surface area (TPSA) is 56.0 Å². The van der Waals surface area contributed by atoms with Crippen LogP contribution in [-0.2, 0) is 0 Å².